The number of nitrogens with zero attached hydrogens (tertiary/aromatic N) is 2. The van der Waals surface area contributed by atoms with E-state index < -0.39 is 0 Å². The molecule has 3 nitrogen and oxygen atoms in total. The van der Waals surface area contributed by atoms with Crippen molar-refractivity contribution >= 4 is 27.7 Å². The zero-order chi connectivity index (χ0) is 13.7. The number of aromatic nitrogens is 2. The van der Waals surface area contributed by atoms with E-state index in [0.717, 1.165) is 15.9 Å². The Hall–Kier alpha value is -0.910. The molecule has 2 N–H and O–H groups in total. The summed E-state index contributed by atoms with van der Waals surface area (Å²) in [6.07, 6.45) is 6.08. The van der Waals surface area contributed by atoms with Crippen molar-refractivity contribution in [2.24, 2.45) is 5.73 Å². The number of hydrogen-bond donors (Lipinski definition) is 1. The van der Waals surface area contributed by atoms with Crippen molar-refractivity contribution in [3.63, 3.8) is 0 Å². The van der Waals surface area contributed by atoms with Crippen LogP contribution in [0.2, 0.25) is 0 Å². The van der Waals surface area contributed by atoms with Crippen molar-refractivity contribution in [3.05, 3.63) is 52.9 Å². The van der Waals surface area contributed by atoms with Crippen molar-refractivity contribution in [3.8, 4) is 0 Å². The fourth-order valence-electron chi connectivity index (χ4n) is 1.78. The van der Waals surface area contributed by atoms with Gasteiger partial charge in [-0.3, -0.25) is 4.98 Å². The fraction of sp³-hybridized carbons (Fsp3) is 0.286. The van der Waals surface area contributed by atoms with E-state index in [0.29, 0.717) is 0 Å². The molecule has 0 spiro atoms. The number of halogens is 1. The molecule has 2 aromatic rings. The van der Waals surface area contributed by atoms with E-state index in [1.807, 2.05) is 12.1 Å². The van der Waals surface area contributed by atoms with Crippen LogP contribution in [0, 0.1) is 0 Å². The van der Waals surface area contributed by atoms with Crippen LogP contribution in [0.1, 0.15) is 24.2 Å². The standard InChI is InChI=1S/C14H16BrN3S/c1-2-12(16)14(10-4-3-5-11(15)8-10)19-13-9-17-6-7-18-13/h3-9,12,14H,2,16H2,1H3. The molecular formula is C14H16BrN3S. The number of hydrogen-bond acceptors (Lipinski definition) is 4. The predicted molar refractivity (Wildman–Crippen MR) is 83.0 cm³/mol. The lowest BCUT2D eigenvalue weighted by molar-refractivity contribution is 0.633. The Balaban J connectivity index is 2.26. The minimum atomic E-state index is 0.0845. The van der Waals surface area contributed by atoms with Crippen molar-refractivity contribution in [1.82, 2.24) is 9.97 Å². The van der Waals surface area contributed by atoms with Crippen LogP contribution in [-0.4, -0.2) is 16.0 Å². The summed E-state index contributed by atoms with van der Waals surface area (Å²) in [7, 11) is 0. The molecule has 1 heterocycles. The fourth-order valence-corrected chi connectivity index (χ4v) is 3.35. The molecule has 19 heavy (non-hydrogen) atoms. The van der Waals surface area contributed by atoms with Crippen LogP contribution in [0.3, 0.4) is 0 Å². The van der Waals surface area contributed by atoms with Crippen molar-refractivity contribution in [2.75, 3.05) is 0 Å². The first-order chi connectivity index (χ1) is 9.20. The molecule has 0 radical (unpaired) electrons. The van der Waals surface area contributed by atoms with Gasteiger partial charge in [0.2, 0.25) is 0 Å². The van der Waals surface area contributed by atoms with E-state index in [-0.39, 0.29) is 11.3 Å². The highest BCUT2D eigenvalue weighted by atomic mass is 79.9. The molecule has 2 rings (SSSR count). The topological polar surface area (TPSA) is 51.8 Å². The van der Waals surface area contributed by atoms with Crippen LogP contribution in [0.15, 0.2) is 52.4 Å². The molecule has 2 atom stereocenters. The third-order valence-electron chi connectivity index (χ3n) is 2.82. The Labute approximate surface area is 126 Å². The molecule has 0 aliphatic heterocycles. The normalized spacial score (nSPS) is 14.1. The van der Waals surface area contributed by atoms with E-state index in [9.17, 15) is 0 Å². The second kappa shape index (κ2) is 7.03. The molecule has 0 aliphatic carbocycles. The van der Waals surface area contributed by atoms with Gasteiger partial charge in [-0.05, 0) is 24.1 Å². The van der Waals surface area contributed by atoms with E-state index in [1.165, 1.54) is 5.56 Å². The summed E-state index contributed by atoms with van der Waals surface area (Å²) in [5.74, 6) is 0. The molecule has 0 fully saturated rings. The lowest BCUT2D eigenvalue weighted by atomic mass is 10.0. The van der Waals surface area contributed by atoms with Gasteiger partial charge in [0.05, 0.1) is 11.4 Å². The summed E-state index contributed by atoms with van der Waals surface area (Å²) >= 11 is 5.17. The molecule has 0 amide bonds. The van der Waals surface area contributed by atoms with Crippen molar-refractivity contribution in [2.45, 2.75) is 29.7 Å². The van der Waals surface area contributed by atoms with Gasteiger partial charge in [-0.25, -0.2) is 4.98 Å². The largest absolute Gasteiger partial charge is 0.326 e. The minimum absolute atomic E-state index is 0.0845. The van der Waals surface area contributed by atoms with Crippen LogP contribution in [-0.2, 0) is 0 Å². The summed E-state index contributed by atoms with van der Waals surface area (Å²) < 4.78 is 1.07. The van der Waals surface area contributed by atoms with Gasteiger partial charge in [-0.2, -0.15) is 0 Å². The third kappa shape index (κ3) is 4.03. The first kappa shape index (κ1) is 14.5. The monoisotopic (exact) mass is 337 g/mol. The zero-order valence-corrected chi connectivity index (χ0v) is 13.1. The summed E-state index contributed by atoms with van der Waals surface area (Å²) in [5, 5.41) is 1.08. The maximum absolute atomic E-state index is 6.26. The van der Waals surface area contributed by atoms with Gasteiger partial charge >= 0.3 is 0 Å². The SMILES string of the molecule is CCC(N)C(Sc1cnccn1)c1cccc(Br)c1. The third-order valence-corrected chi connectivity index (χ3v) is 4.65. The van der Waals surface area contributed by atoms with Crippen LogP contribution >= 0.6 is 27.7 Å². The van der Waals surface area contributed by atoms with Crippen LogP contribution in [0.25, 0.3) is 0 Å². The molecule has 2 unspecified atom stereocenters. The Kier molecular flexibility index (Phi) is 5.36. The van der Waals surface area contributed by atoms with Gasteiger partial charge in [0, 0.05) is 22.9 Å². The smallest absolute Gasteiger partial charge is 0.115 e. The van der Waals surface area contributed by atoms with Gasteiger partial charge in [0.15, 0.2) is 0 Å². The Morgan fingerprint density at radius 1 is 1.37 bits per heavy atom. The highest BCUT2D eigenvalue weighted by Crippen LogP contribution is 2.37. The summed E-state index contributed by atoms with van der Waals surface area (Å²) in [6, 6.07) is 8.36. The Morgan fingerprint density at radius 3 is 2.84 bits per heavy atom. The van der Waals surface area contributed by atoms with Crippen LogP contribution < -0.4 is 5.73 Å². The molecule has 5 heteroatoms. The summed E-state index contributed by atoms with van der Waals surface area (Å²) in [5.41, 5.74) is 7.47. The van der Waals surface area contributed by atoms with Crippen molar-refractivity contribution in [1.29, 1.82) is 0 Å². The lowest BCUT2D eigenvalue weighted by Gasteiger charge is -2.22. The number of thioether (sulfide) groups is 1. The van der Waals surface area contributed by atoms with Gasteiger partial charge < -0.3 is 5.73 Å². The zero-order valence-electron chi connectivity index (χ0n) is 10.7. The maximum atomic E-state index is 6.26. The molecule has 1 aromatic heterocycles. The van der Waals surface area contributed by atoms with Crippen LogP contribution in [0.4, 0.5) is 0 Å². The number of benzene rings is 1. The summed E-state index contributed by atoms with van der Waals surface area (Å²) in [4.78, 5) is 8.42. The van der Waals surface area contributed by atoms with Gasteiger partial charge in [-0.15, -0.1) is 0 Å². The van der Waals surface area contributed by atoms with E-state index in [1.54, 1.807) is 30.4 Å². The predicted octanol–water partition coefficient (Wildman–Crippen LogP) is 3.81. The number of rotatable bonds is 5. The maximum Gasteiger partial charge on any atom is 0.115 e. The van der Waals surface area contributed by atoms with Crippen molar-refractivity contribution < 1.29 is 0 Å². The van der Waals surface area contributed by atoms with Gasteiger partial charge in [0.1, 0.15) is 5.03 Å². The van der Waals surface area contributed by atoms with E-state index in [2.05, 4.69) is 45.0 Å². The second-order valence-electron chi connectivity index (χ2n) is 4.21. The molecule has 100 valence electrons. The van der Waals surface area contributed by atoms with E-state index in [4.69, 9.17) is 5.73 Å². The Morgan fingerprint density at radius 2 is 2.21 bits per heavy atom. The first-order valence-corrected chi connectivity index (χ1v) is 7.81. The minimum Gasteiger partial charge on any atom is -0.326 e. The molecule has 0 saturated carbocycles. The molecular weight excluding hydrogens is 322 g/mol. The quantitative estimate of drug-likeness (QED) is 0.843. The Bertz CT molecular complexity index is 521. The molecule has 0 bridgehead atoms. The summed E-state index contributed by atoms with van der Waals surface area (Å²) in [6.45, 7) is 2.10. The second-order valence-corrected chi connectivity index (χ2v) is 6.29. The van der Waals surface area contributed by atoms with Gasteiger partial charge in [0.25, 0.3) is 0 Å². The average Bonchev–Trinajstić information content (AvgIpc) is 2.45. The lowest BCUT2D eigenvalue weighted by Crippen LogP contribution is -2.25. The number of nitrogens with two attached hydrogens (primary N) is 1. The van der Waals surface area contributed by atoms with Crippen LogP contribution in [0.5, 0.6) is 0 Å². The highest BCUT2D eigenvalue weighted by Gasteiger charge is 2.20. The first-order valence-electron chi connectivity index (χ1n) is 6.14. The molecule has 1 aromatic carbocycles. The van der Waals surface area contributed by atoms with Gasteiger partial charge in [-0.1, -0.05) is 46.7 Å². The van der Waals surface area contributed by atoms with E-state index >= 15 is 0 Å². The molecule has 0 saturated heterocycles. The highest BCUT2D eigenvalue weighted by molar-refractivity contribution is 9.10. The molecule has 0 aliphatic rings. The average molecular weight is 338 g/mol.